The fraction of sp³-hybridized carbons (Fsp3) is 0.200. The molecular weight excluding hydrogens is 220 g/mol. The maximum absolute atomic E-state index is 11.0. The predicted molar refractivity (Wildman–Crippen MR) is 58.3 cm³/mol. The summed E-state index contributed by atoms with van der Waals surface area (Å²) in [7, 11) is 1.70. The second-order valence-electron chi connectivity index (χ2n) is 3.56. The summed E-state index contributed by atoms with van der Waals surface area (Å²) in [5.74, 6) is -0.0499. The van der Waals surface area contributed by atoms with Crippen molar-refractivity contribution in [3.8, 4) is 11.9 Å². The fourth-order valence-electron chi connectivity index (χ4n) is 1.61. The standard InChI is InChI=1S/C10H10N6O/c1-6-8(3-11)10(15(2)14-6)16-5-7(4-13-16)9(12)17/h4-5H,1-2H3,(H2,12,17). The molecular formula is C10H10N6O. The van der Waals surface area contributed by atoms with E-state index >= 15 is 0 Å². The summed E-state index contributed by atoms with van der Waals surface area (Å²) in [6, 6.07) is 2.06. The van der Waals surface area contributed by atoms with Crippen molar-refractivity contribution in [2.75, 3.05) is 0 Å². The first kappa shape index (κ1) is 10.9. The maximum atomic E-state index is 11.0. The number of carbonyl (C=O) groups is 1. The topological polar surface area (TPSA) is 103 Å². The van der Waals surface area contributed by atoms with Crippen LogP contribution in [0.5, 0.6) is 0 Å². The summed E-state index contributed by atoms with van der Waals surface area (Å²) < 4.78 is 2.95. The number of amides is 1. The normalized spacial score (nSPS) is 10.2. The van der Waals surface area contributed by atoms with Gasteiger partial charge in [0.2, 0.25) is 0 Å². The molecule has 0 saturated heterocycles. The number of hydrogen-bond acceptors (Lipinski definition) is 4. The molecule has 0 bridgehead atoms. The Kier molecular flexibility index (Phi) is 2.40. The number of aryl methyl sites for hydroxylation is 2. The fourth-order valence-corrected chi connectivity index (χ4v) is 1.61. The van der Waals surface area contributed by atoms with E-state index in [2.05, 4.69) is 16.3 Å². The van der Waals surface area contributed by atoms with Gasteiger partial charge in [0.1, 0.15) is 11.6 Å². The number of hydrogen-bond donors (Lipinski definition) is 1. The highest BCUT2D eigenvalue weighted by molar-refractivity contribution is 5.92. The Morgan fingerprint density at radius 3 is 2.82 bits per heavy atom. The Morgan fingerprint density at radius 1 is 1.59 bits per heavy atom. The van der Waals surface area contributed by atoms with Gasteiger partial charge in [0, 0.05) is 13.2 Å². The van der Waals surface area contributed by atoms with E-state index in [1.54, 1.807) is 14.0 Å². The molecule has 86 valence electrons. The molecule has 0 aliphatic rings. The molecule has 2 aromatic heterocycles. The second-order valence-corrected chi connectivity index (χ2v) is 3.56. The van der Waals surface area contributed by atoms with Crippen LogP contribution in [0.25, 0.3) is 5.82 Å². The highest BCUT2D eigenvalue weighted by Gasteiger charge is 2.16. The van der Waals surface area contributed by atoms with Gasteiger partial charge in [0.05, 0.1) is 17.5 Å². The van der Waals surface area contributed by atoms with Crippen molar-refractivity contribution >= 4 is 5.91 Å². The van der Waals surface area contributed by atoms with E-state index in [1.165, 1.54) is 21.8 Å². The number of rotatable bonds is 2. The molecule has 7 nitrogen and oxygen atoms in total. The quantitative estimate of drug-likeness (QED) is 0.777. The molecule has 0 aliphatic carbocycles. The largest absolute Gasteiger partial charge is 0.366 e. The van der Waals surface area contributed by atoms with Crippen molar-refractivity contribution in [1.82, 2.24) is 19.6 Å². The van der Waals surface area contributed by atoms with Crippen LogP contribution in [0.2, 0.25) is 0 Å². The molecule has 0 aromatic carbocycles. The van der Waals surface area contributed by atoms with E-state index in [0.717, 1.165) is 0 Å². The van der Waals surface area contributed by atoms with Crippen LogP contribution in [0.15, 0.2) is 12.4 Å². The Bertz CT molecular complexity index is 630. The van der Waals surface area contributed by atoms with Crippen LogP contribution in [-0.2, 0) is 7.05 Å². The monoisotopic (exact) mass is 230 g/mol. The van der Waals surface area contributed by atoms with Crippen LogP contribution in [0, 0.1) is 18.3 Å². The van der Waals surface area contributed by atoms with E-state index in [-0.39, 0.29) is 5.56 Å². The minimum atomic E-state index is -0.561. The van der Waals surface area contributed by atoms with Crippen molar-refractivity contribution in [2.24, 2.45) is 12.8 Å². The summed E-state index contributed by atoms with van der Waals surface area (Å²) in [4.78, 5) is 11.0. The zero-order valence-electron chi connectivity index (χ0n) is 9.38. The van der Waals surface area contributed by atoms with E-state index in [1.807, 2.05) is 0 Å². The van der Waals surface area contributed by atoms with Crippen molar-refractivity contribution < 1.29 is 4.79 Å². The summed E-state index contributed by atoms with van der Waals surface area (Å²) in [6.07, 6.45) is 2.82. The van der Waals surface area contributed by atoms with Crippen molar-refractivity contribution in [1.29, 1.82) is 5.26 Å². The van der Waals surface area contributed by atoms with Crippen molar-refractivity contribution in [3.63, 3.8) is 0 Å². The lowest BCUT2D eigenvalue weighted by molar-refractivity contribution is 0.100. The number of nitriles is 1. The number of carbonyl (C=O) groups excluding carboxylic acids is 1. The smallest absolute Gasteiger partial charge is 0.251 e. The van der Waals surface area contributed by atoms with Gasteiger partial charge < -0.3 is 5.73 Å². The van der Waals surface area contributed by atoms with Gasteiger partial charge in [-0.2, -0.15) is 15.5 Å². The minimum Gasteiger partial charge on any atom is -0.366 e. The number of nitrogens with zero attached hydrogens (tertiary/aromatic N) is 5. The molecule has 2 heterocycles. The highest BCUT2D eigenvalue weighted by atomic mass is 16.1. The number of primary amides is 1. The van der Waals surface area contributed by atoms with Crippen molar-refractivity contribution in [3.05, 3.63) is 29.2 Å². The van der Waals surface area contributed by atoms with Crippen molar-refractivity contribution in [2.45, 2.75) is 6.92 Å². The molecule has 0 atom stereocenters. The maximum Gasteiger partial charge on any atom is 0.251 e. The van der Waals surface area contributed by atoms with Crippen LogP contribution in [0.4, 0.5) is 0 Å². The molecule has 0 unspecified atom stereocenters. The molecule has 0 saturated carbocycles. The molecule has 1 amide bonds. The molecule has 0 fully saturated rings. The average molecular weight is 230 g/mol. The lowest BCUT2D eigenvalue weighted by Crippen LogP contribution is -2.10. The molecule has 2 N–H and O–H groups in total. The first-order valence-electron chi connectivity index (χ1n) is 4.83. The Balaban J connectivity index is 2.60. The summed E-state index contributed by atoms with van der Waals surface area (Å²) >= 11 is 0. The molecule has 7 heteroatoms. The van der Waals surface area contributed by atoms with Crippen LogP contribution in [0.1, 0.15) is 21.6 Å². The Hall–Kier alpha value is -2.62. The lowest BCUT2D eigenvalue weighted by Gasteiger charge is -2.01. The van der Waals surface area contributed by atoms with Gasteiger partial charge in [-0.25, -0.2) is 9.36 Å². The van der Waals surface area contributed by atoms with Gasteiger partial charge in [0.25, 0.3) is 5.91 Å². The number of nitrogens with two attached hydrogens (primary N) is 1. The predicted octanol–water partition coefficient (Wildman–Crippen LogP) is -0.115. The molecule has 2 aromatic rings. The van der Waals surface area contributed by atoms with Gasteiger partial charge >= 0.3 is 0 Å². The third-order valence-electron chi connectivity index (χ3n) is 2.39. The first-order chi connectivity index (χ1) is 8.04. The third kappa shape index (κ3) is 1.65. The van der Waals surface area contributed by atoms with Crippen LogP contribution >= 0.6 is 0 Å². The molecule has 0 aliphatic heterocycles. The van der Waals surface area contributed by atoms with Gasteiger partial charge in [-0.1, -0.05) is 0 Å². The zero-order valence-corrected chi connectivity index (χ0v) is 9.38. The minimum absolute atomic E-state index is 0.285. The zero-order chi connectivity index (χ0) is 12.6. The lowest BCUT2D eigenvalue weighted by atomic mass is 10.2. The SMILES string of the molecule is Cc1nn(C)c(-n2cc(C(N)=O)cn2)c1C#N. The van der Waals surface area contributed by atoms with Gasteiger partial charge in [0.15, 0.2) is 5.82 Å². The first-order valence-corrected chi connectivity index (χ1v) is 4.83. The Morgan fingerprint density at radius 2 is 2.29 bits per heavy atom. The summed E-state index contributed by atoms with van der Waals surface area (Å²) in [5, 5.41) is 17.2. The average Bonchev–Trinajstić information content (AvgIpc) is 2.82. The Labute approximate surface area is 97.1 Å². The third-order valence-corrected chi connectivity index (χ3v) is 2.39. The second kappa shape index (κ2) is 3.75. The van der Waals surface area contributed by atoms with E-state index in [0.29, 0.717) is 17.1 Å². The summed E-state index contributed by atoms with van der Waals surface area (Å²) in [5.41, 5.74) is 6.46. The van der Waals surface area contributed by atoms with E-state index in [9.17, 15) is 4.79 Å². The highest BCUT2D eigenvalue weighted by Crippen LogP contribution is 2.16. The van der Waals surface area contributed by atoms with Crippen LogP contribution in [0.3, 0.4) is 0 Å². The van der Waals surface area contributed by atoms with Crippen LogP contribution < -0.4 is 5.73 Å². The van der Waals surface area contributed by atoms with Gasteiger partial charge in [-0.05, 0) is 6.92 Å². The molecule has 0 radical (unpaired) electrons. The molecule has 17 heavy (non-hydrogen) atoms. The van der Waals surface area contributed by atoms with Crippen LogP contribution in [-0.4, -0.2) is 25.5 Å². The van der Waals surface area contributed by atoms with Gasteiger partial charge in [-0.15, -0.1) is 0 Å². The molecule has 0 spiro atoms. The van der Waals surface area contributed by atoms with E-state index < -0.39 is 5.91 Å². The summed E-state index contributed by atoms with van der Waals surface area (Å²) in [6.45, 7) is 1.74. The number of aromatic nitrogens is 4. The van der Waals surface area contributed by atoms with E-state index in [4.69, 9.17) is 11.0 Å². The van der Waals surface area contributed by atoms with Gasteiger partial charge in [-0.3, -0.25) is 4.79 Å². The molecule has 2 rings (SSSR count).